The van der Waals surface area contributed by atoms with E-state index in [0.29, 0.717) is 11.9 Å². The molecule has 6 nitrogen and oxygen atoms in total. The Morgan fingerprint density at radius 2 is 1.93 bits per heavy atom. The number of aryl methyl sites for hydroxylation is 3. The number of hydrogen-bond acceptors (Lipinski definition) is 4. The maximum atomic E-state index is 5.46. The zero-order chi connectivity index (χ0) is 20.4. The van der Waals surface area contributed by atoms with Gasteiger partial charge in [0.05, 0.1) is 21.8 Å². The zero-order valence-electron chi connectivity index (χ0n) is 17.4. The third-order valence-electron chi connectivity index (χ3n) is 5.10. The molecule has 3 aromatic rings. The van der Waals surface area contributed by atoms with Gasteiger partial charge in [0.1, 0.15) is 11.2 Å². The van der Waals surface area contributed by atoms with Crippen LogP contribution in [0.3, 0.4) is 0 Å². The predicted octanol–water partition coefficient (Wildman–Crippen LogP) is 4.81. The van der Waals surface area contributed by atoms with Gasteiger partial charge in [0, 0.05) is 19.3 Å². The topological polar surface area (TPSA) is 81.5 Å². The molecule has 0 saturated heterocycles. The summed E-state index contributed by atoms with van der Waals surface area (Å²) in [6.07, 6.45) is 5.63. The first-order valence-corrected chi connectivity index (χ1v) is 10.4. The van der Waals surface area contributed by atoms with Crippen LogP contribution in [0.4, 0.5) is 0 Å². The maximum absolute atomic E-state index is 5.46. The number of aliphatic imine (C=N–C) groups is 2. The van der Waals surface area contributed by atoms with Crippen LogP contribution in [0.15, 0.2) is 22.2 Å². The molecule has 3 rings (SSSR count). The lowest BCUT2D eigenvalue weighted by atomic mass is 10.1. The Kier molecular flexibility index (Phi) is 5.93. The summed E-state index contributed by atoms with van der Waals surface area (Å²) < 4.78 is 2.29. The van der Waals surface area contributed by atoms with Crippen LogP contribution in [-0.4, -0.2) is 33.8 Å². The Labute approximate surface area is 170 Å². The summed E-state index contributed by atoms with van der Waals surface area (Å²) in [7, 11) is 1.72. The highest BCUT2D eigenvalue weighted by Gasteiger charge is 2.20. The second kappa shape index (κ2) is 8.22. The predicted molar refractivity (Wildman–Crippen MR) is 120 cm³/mol. The number of nitrogens with zero attached hydrogens (tertiary/aromatic N) is 5. The molecule has 0 saturated carbocycles. The van der Waals surface area contributed by atoms with E-state index in [9.17, 15) is 0 Å². The van der Waals surface area contributed by atoms with Gasteiger partial charge in [-0.1, -0.05) is 13.8 Å². The lowest BCUT2D eigenvalue weighted by molar-refractivity contribution is 0.482. The summed E-state index contributed by atoms with van der Waals surface area (Å²) in [5, 5.41) is 0. The van der Waals surface area contributed by atoms with E-state index in [1.807, 2.05) is 6.92 Å². The van der Waals surface area contributed by atoms with E-state index in [4.69, 9.17) is 15.7 Å². The largest absolute Gasteiger partial charge is 0.390 e. The van der Waals surface area contributed by atoms with Gasteiger partial charge in [-0.15, -0.1) is 11.3 Å². The Bertz CT molecular complexity index is 1050. The quantitative estimate of drug-likeness (QED) is 0.496. The van der Waals surface area contributed by atoms with Gasteiger partial charge < -0.3 is 10.3 Å². The monoisotopic (exact) mass is 396 g/mol. The Hall–Kier alpha value is -2.54. The lowest BCUT2D eigenvalue weighted by Crippen LogP contribution is -2.07. The van der Waals surface area contributed by atoms with Crippen LogP contribution in [0.2, 0.25) is 0 Å². The molecule has 2 N–H and O–H groups in total. The SMILES string of the molecule is CCC(CC)n1cc(C)c2nc(-c3sc(C(N=CN)=NC)cc3C)c(C)nc21. The van der Waals surface area contributed by atoms with Crippen molar-refractivity contribution in [2.75, 3.05) is 7.05 Å². The van der Waals surface area contributed by atoms with E-state index in [1.165, 1.54) is 6.34 Å². The van der Waals surface area contributed by atoms with Crippen molar-refractivity contribution in [2.24, 2.45) is 15.7 Å². The molecule has 0 fully saturated rings. The van der Waals surface area contributed by atoms with Crippen molar-refractivity contribution in [3.63, 3.8) is 0 Å². The van der Waals surface area contributed by atoms with Crippen molar-refractivity contribution in [1.82, 2.24) is 14.5 Å². The molecule has 0 aliphatic rings. The number of fused-ring (bicyclic) bond motifs is 1. The molecule has 0 aliphatic carbocycles. The van der Waals surface area contributed by atoms with Gasteiger partial charge in [-0.2, -0.15) is 0 Å². The second-order valence-electron chi connectivity index (χ2n) is 6.97. The average Bonchev–Trinajstić information content (AvgIpc) is 3.20. The first-order chi connectivity index (χ1) is 13.4. The van der Waals surface area contributed by atoms with Crippen molar-refractivity contribution in [3.8, 4) is 10.6 Å². The first kappa shape index (κ1) is 20.2. The van der Waals surface area contributed by atoms with Crippen LogP contribution in [0.25, 0.3) is 21.7 Å². The lowest BCUT2D eigenvalue weighted by Gasteiger charge is -2.16. The molecule has 0 radical (unpaired) electrons. The fourth-order valence-corrected chi connectivity index (χ4v) is 4.79. The molecule has 0 amide bonds. The van der Waals surface area contributed by atoms with Crippen LogP contribution < -0.4 is 5.73 Å². The van der Waals surface area contributed by atoms with E-state index in [0.717, 1.165) is 56.3 Å². The van der Waals surface area contributed by atoms with Crippen molar-refractivity contribution in [1.29, 1.82) is 0 Å². The molecule has 0 bridgehead atoms. The minimum atomic E-state index is 0.447. The highest BCUT2D eigenvalue weighted by atomic mass is 32.1. The van der Waals surface area contributed by atoms with Crippen molar-refractivity contribution >= 4 is 34.7 Å². The van der Waals surface area contributed by atoms with Gasteiger partial charge in [-0.05, 0) is 50.8 Å². The molecular weight excluding hydrogens is 368 g/mol. The van der Waals surface area contributed by atoms with E-state index < -0.39 is 0 Å². The van der Waals surface area contributed by atoms with Crippen molar-refractivity contribution in [3.05, 3.63) is 34.0 Å². The van der Waals surface area contributed by atoms with Gasteiger partial charge in [0.25, 0.3) is 0 Å². The molecule has 7 heteroatoms. The molecule has 3 aromatic heterocycles. The summed E-state index contributed by atoms with van der Waals surface area (Å²) in [5.74, 6) is 0.629. The third-order valence-corrected chi connectivity index (χ3v) is 6.34. The smallest absolute Gasteiger partial charge is 0.166 e. The van der Waals surface area contributed by atoms with Gasteiger partial charge in [-0.3, -0.25) is 4.99 Å². The van der Waals surface area contributed by atoms with Crippen LogP contribution in [0.5, 0.6) is 0 Å². The summed E-state index contributed by atoms with van der Waals surface area (Å²) in [6.45, 7) is 10.7. The number of rotatable bonds is 5. The normalized spacial score (nSPS) is 12.8. The number of hydrogen-bond donors (Lipinski definition) is 1. The van der Waals surface area contributed by atoms with Gasteiger partial charge in [0.2, 0.25) is 0 Å². The highest BCUT2D eigenvalue weighted by molar-refractivity contribution is 7.17. The fraction of sp³-hybridized carbons (Fsp3) is 0.429. The molecule has 0 aromatic carbocycles. The molecule has 3 heterocycles. The van der Waals surface area contributed by atoms with Crippen LogP contribution in [0.1, 0.15) is 54.4 Å². The molecule has 148 valence electrons. The Balaban J connectivity index is 2.17. The molecule has 0 spiro atoms. The molecule has 28 heavy (non-hydrogen) atoms. The Morgan fingerprint density at radius 3 is 2.54 bits per heavy atom. The minimum Gasteiger partial charge on any atom is -0.390 e. The molecular formula is C21H28N6S. The number of nitrogens with two attached hydrogens (primary N) is 1. The van der Waals surface area contributed by atoms with Crippen molar-refractivity contribution in [2.45, 2.75) is 53.5 Å². The van der Waals surface area contributed by atoms with Crippen LogP contribution in [-0.2, 0) is 0 Å². The molecule has 0 unspecified atom stereocenters. The standard InChI is InChI=1S/C21H28N6S/c1-7-15(8-2)27-10-13(4)17-21(27)25-14(5)18(26-17)19-12(3)9-16(28-19)20(23-6)24-11-22/h9-11,15H,7-8H2,1-6H3,(H2,22,23,24). The summed E-state index contributed by atoms with van der Waals surface area (Å²) in [4.78, 5) is 20.5. The summed E-state index contributed by atoms with van der Waals surface area (Å²) >= 11 is 1.63. The van der Waals surface area contributed by atoms with Crippen LogP contribution in [0, 0.1) is 20.8 Å². The minimum absolute atomic E-state index is 0.447. The number of thiophene rings is 1. The average molecular weight is 397 g/mol. The second-order valence-corrected chi connectivity index (χ2v) is 8.02. The van der Waals surface area contributed by atoms with Gasteiger partial charge in [-0.25, -0.2) is 15.0 Å². The highest BCUT2D eigenvalue weighted by Crippen LogP contribution is 2.35. The number of aromatic nitrogens is 3. The maximum Gasteiger partial charge on any atom is 0.166 e. The van der Waals surface area contributed by atoms with E-state index in [-0.39, 0.29) is 0 Å². The molecule has 0 atom stereocenters. The van der Waals surface area contributed by atoms with Crippen LogP contribution >= 0.6 is 11.3 Å². The zero-order valence-corrected chi connectivity index (χ0v) is 18.3. The Morgan fingerprint density at radius 1 is 1.21 bits per heavy atom. The number of amidine groups is 1. The first-order valence-electron chi connectivity index (χ1n) is 9.63. The van der Waals surface area contributed by atoms with Gasteiger partial charge >= 0.3 is 0 Å². The van der Waals surface area contributed by atoms with E-state index >= 15 is 0 Å². The fourth-order valence-electron chi connectivity index (χ4n) is 3.59. The van der Waals surface area contributed by atoms with Crippen molar-refractivity contribution < 1.29 is 0 Å². The van der Waals surface area contributed by atoms with E-state index in [2.05, 4.69) is 54.5 Å². The summed E-state index contributed by atoms with van der Waals surface area (Å²) in [6, 6.07) is 2.53. The van der Waals surface area contributed by atoms with E-state index in [1.54, 1.807) is 18.4 Å². The molecule has 0 aliphatic heterocycles. The van der Waals surface area contributed by atoms with Gasteiger partial charge in [0.15, 0.2) is 11.5 Å². The third kappa shape index (κ3) is 3.46. The summed E-state index contributed by atoms with van der Waals surface area (Å²) in [5.41, 5.74) is 11.6.